The molecular formula is C13H9ClN6O. The molecule has 3 rings (SSSR count). The van der Waals surface area contributed by atoms with Crippen LogP contribution in [0.15, 0.2) is 49.3 Å². The van der Waals surface area contributed by atoms with Crippen molar-refractivity contribution in [3.8, 4) is 5.69 Å². The fourth-order valence-electron chi connectivity index (χ4n) is 1.70. The molecule has 0 aliphatic carbocycles. The minimum Gasteiger partial charge on any atom is -0.321 e. The van der Waals surface area contributed by atoms with Crippen molar-refractivity contribution in [3.05, 3.63) is 60.2 Å². The van der Waals surface area contributed by atoms with Gasteiger partial charge in [-0.25, -0.2) is 9.97 Å². The normalized spacial score (nSPS) is 10.3. The van der Waals surface area contributed by atoms with Gasteiger partial charge in [-0.1, -0.05) is 17.7 Å². The lowest BCUT2D eigenvalue weighted by molar-refractivity contribution is 0.102. The molecule has 21 heavy (non-hydrogen) atoms. The Hall–Kier alpha value is -2.80. The van der Waals surface area contributed by atoms with Crippen LogP contribution in [0, 0.1) is 0 Å². The van der Waals surface area contributed by atoms with E-state index in [2.05, 4.69) is 25.5 Å². The number of carbonyl (C=O) groups excluding carboxylic acids is 1. The summed E-state index contributed by atoms with van der Waals surface area (Å²) in [5.41, 5.74) is 1.65. The molecule has 1 amide bonds. The van der Waals surface area contributed by atoms with Gasteiger partial charge >= 0.3 is 0 Å². The summed E-state index contributed by atoms with van der Waals surface area (Å²) in [6.07, 6.45) is 5.79. The van der Waals surface area contributed by atoms with E-state index in [9.17, 15) is 4.79 Å². The Bertz CT molecular complexity index is 757. The number of aromatic nitrogens is 5. The smallest absolute Gasteiger partial charge is 0.275 e. The van der Waals surface area contributed by atoms with Crippen LogP contribution < -0.4 is 5.32 Å². The molecule has 2 aromatic heterocycles. The monoisotopic (exact) mass is 300 g/mol. The largest absolute Gasteiger partial charge is 0.321 e. The summed E-state index contributed by atoms with van der Waals surface area (Å²) in [4.78, 5) is 19.8. The number of nitrogens with zero attached hydrogens (tertiary/aromatic N) is 5. The van der Waals surface area contributed by atoms with Gasteiger partial charge in [-0.2, -0.15) is 0 Å². The highest BCUT2D eigenvalue weighted by atomic mass is 35.5. The predicted octanol–water partition coefficient (Wildman–Crippen LogP) is 1.96. The fourth-order valence-corrected chi connectivity index (χ4v) is 1.80. The first kappa shape index (κ1) is 13.2. The SMILES string of the molecule is O=C(Nc1cccc(-n2cnnc2)c1)c1cnc(Cl)cn1. The molecule has 0 atom stereocenters. The van der Waals surface area contributed by atoms with Gasteiger partial charge in [-0.3, -0.25) is 9.36 Å². The van der Waals surface area contributed by atoms with E-state index in [0.717, 1.165) is 5.69 Å². The molecule has 3 aromatic rings. The average molecular weight is 301 g/mol. The second-order valence-electron chi connectivity index (χ2n) is 4.10. The van der Waals surface area contributed by atoms with Crippen LogP contribution in [0.5, 0.6) is 0 Å². The Morgan fingerprint density at radius 3 is 2.67 bits per heavy atom. The number of carbonyl (C=O) groups is 1. The molecule has 7 nitrogen and oxygen atoms in total. The summed E-state index contributed by atoms with van der Waals surface area (Å²) in [6.45, 7) is 0. The van der Waals surface area contributed by atoms with E-state index in [4.69, 9.17) is 11.6 Å². The Kier molecular flexibility index (Phi) is 3.57. The fraction of sp³-hybridized carbons (Fsp3) is 0. The highest BCUT2D eigenvalue weighted by molar-refractivity contribution is 6.29. The van der Waals surface area contributed by atoms with Crippen LogP contribution in [0.4, 0.5) is 5.69 Å². The zero-order valence-corrected chi connectivity index (χ0v) is 11.4. The Morgan fingerprint density at radius 1 is 1.14 bits per heavy atom. The number of hydrogen-bond donors (Lipinski definition) is 1. The van der Waals surface area contributed by atoms with Gasteiger partial charge in [0.2, 0.25) is 0 Å². The van der Waals surface area contributed by atoms with Crippen LogP contribution in [0.2, 0.25) is 5.15 Å². The van der Waals surface area contributed by atoms with Crippen molar-refractivity contribution in [1.29, 1.82) is 0 Å². The topological polar surface area (TPSA) is 85.6 Å². The first-order valence-corrected chi connectivity index (χ1v) is 6.34. The quantitative estimate of drug-likeness (QED) is 0.799. The second-order valence-corrected chi connectivity index (χ2v) is 4.49. The molecule has 0 fully saturated rings. The summed E-state index contributed by atoms with van der Waals surface area (Å²) in [7, 11) is 0. The molecule has 0 bridgehead atoms. The van der Waals surface area contributed by atoms with Crippen LogP contribution in [-0.4, -0.2) is 30.6 Å². The molecule has 0 spiro atoms. The van der Waals surface area contributed by atoms with Gasteiger partial charge in [0.25, 0.3) is 5.91 Å². The van der Waals surface area contributed by atoms with E-state index in [1.807, 2.05) is 12.1 Å². The number of halogens is 1. The van der Waals surface area contributed by atoms with Crippen molar-refractivity contribution in [2.75, 3.05) is 5.32 Å². The van der Waals surface area contributed by atoms with E-state index >= 15 is 0 Å². The third-order valence-corrected chi connectivity index (χ3v) is 2.87. The van der Waals surface area contributed by atoms with Crippen molar-refractivity contribution in [2.45, 2.75) is 0 Å². The zero-order valence-electron chi connectivity index (χ0n) is 10.6. The molecule has 0 aliphatic heterocycles. The van der Waals surface area contributed by atoms with E-state index in [1.165, 1.54) is 12.4 Å². The molecular weight excluding hydrogens is 292 g/mol. The lowest BCUT2D eigenvalue weighted by Gasteiger charge is -2.07. The van der Waals surface area contributed by atoms with Gasteiger partial charge < -0.3 is 5.32 Å². The number of amides is 1. The Balaban J connectivity index is 1.80. The van der Waals surface area contributed by atoms with Crippen LogP contribution >= 0.6 is 11.6 Å². The van der Waals surface area contributed by atoms with E-state index < -0.39 is 0 Å². The maximum absolute atomic E-state index is 12.0. The molecule has 1 aromatic carbocycles. The van der Waals surface area contributed by atoms with Crippen molar-refractivity contribution >= 4 is 23.2 Å². The van der Waals surface area contributed by atoms with Gasteiger partial charge in [-0.15, -0.1) is 10.2 Å². The van der Waals surface area contributed by atoms with Crippen LogP contribution in [-0.2, 0) is 0 Å². The van der Waals surface area contributed by atoms with Crippen molar-refractivity contribution < 1.29 is 4.79 Å². The first-order chi connectivity index (χ1) is 10.2. The van der Waals surface area contributed by atoms with Crippen LogP contribution in [0.3, 0.4) is 0 Å². The highest BCUT2D eigenvalue weighted by Crippen LogP contribution is 2.15. The predicted molar refractivity (Wildman–Crippen MR) is 76.4 cm³/mol. The molecule has 0 unspecified atom stereocenters. The number of benzene rings is 1. The standard InChI is InChI=1S/C13H9ClN6O/c14-12-6-15-11(5-16-12)13(21)19-9-2-1-3-10(4-9)20-7-17-18-8-20/h1-8H,(H,19,21). The van der Waals surface area contributed by atoms with Gasteiger partial charge in [-0.05, 0) is 18.2 Å². The molecule has 0 radical (unpaired) electrons. The lowest BCUT2D eigenvalue weighted by atomic mass is 10.2. The first-order valence-electron chi connectivity index (χ1n) is 5.96. The molecule has 0 aliphatic rings. The van der Waals surface area contributed by atoms with Gasteiger partial charge in [0.15, 0.2) is 0 Å². The van der Waals surface area contributed by atoms with Gasteiger partial charge in [0.1, 0.15) is 23.5 Å². The molecule has 2 heterocycles. The summed E-state index contributed by atoms with van der Waals surface area (Å²) in [5.74, 6) is -0.361. The maximum Gasteiger partial charge on any atom is 0.275 e. The number of hydrogen-bond acceptors (Lipinski definition) is 5. The van der Waals surface area contributed by atoms with Crippen LogP contribution in [0.25, 0.3) is 5.69 Å². The van der Waals surface area contributed by atoms with Crippen LogP contribution in [0.1, 0.15) is 10.5 Å². The lowest BCUT2D eigenvalue weighted by Crippen LogP contribution is -2.14. The summed E-state index contributed by atoms with van der Waals surface area (Å²) in [6, 6.07) is 7.26. The molecule has 0 saturated heterocycles. The van der Waals surface area contributed by atoms with Crippen molar-refractivity contribution in [2.24, 2.45) is 0 Å². The third kappa shape index (κ3) is 3.03. The van der Waals surface area contributed by atoms with E-state index in [1.54, 1.807) is 29.4 Å². The zero-order chi connectivity index (χ0) is 14.7. The third-order valence-electron chi connectivity index (χ3n) is 2.67. The van der Waals surface area contributed by atoms with E-state index in [-0.39, 0.29) is 16.8 Å². The molecule has 8 heteroatoms. The highest BCUT2D eigenvalue weighted by Gasteiger charge is 2.08. The van der Waals surface area contributed by atoms with Crippen molar-refractivity contribution in [3.63, 3.8) is 0 Å². The Labute approximate surface area is 124 Å². The minimum atomic E-state index is -0.361. The molecule has 1 N–H and O–H groups in total. The summed E-state index contributed by atoms with van der Waals surface area (Å²) in [5, 5.41) is 10.5. The Morgan fingerprint density at radius 2 is 1.95 bits per heavy atom. The number of anilines is 1. The van der Waals surface area contributed by atoms with E-state index in [0.29, 0.717) is 5.69 Å². The number of rotatable bonds is 3. The second kappa shape index (κ2) is 5.68. The maximum atomic E-state index is 12.0. The molecule has 104 valence electrons. The van der Waals surface area contributed by atoms with Crippen molar-refractivity contribution in [1.82, 2.24) is 24.7 Å². The number of nitrogens with one attached hydrogen (secondary N) is 1. The van der Waals surface area contributed by atoms with Gasteiger partial charge in [0.05, 0.1) is 18.1 Å². The average Bonchev–Trinajstić information content (AvgIpc) is 3.02. The summed E-state index contributed by atoms with van der Waals surface area (Å²) >= 11 is 5.63. The molecule has 0 saturated carbocycles. The van der Waals surface area contributed by atoms with Gasteiger partial charge in [0, 0.05) is 5.69 Å². The minimum absolute atomic E-state index is 0.189. The summed E-state index contributed by atoms with van der Waals surface area (Å²) < 4.78 is 1.73.